The number of esters is 2. The Morgan fingerprint density at radius 2 is 2.09 bits per heavy atom. The van der Waals surface area contributed by atoms with Gasteiger partial charge < -0.3 is 9.47 Å². The first-order chi connectivity index (χ1) is 10.6. The van der Waals surface area contributed by atoms with Crippen LogP contribution in [-0.2, 0) is 19.1 Å². The van der Waals surface area contributed by atoms with Gasteiger partial charge in [0.25, 0.3) is 0 Å². The van der Waals surface area contributed by atoms with Gasteiger partial charge in [0.05, 0.1) is 11.8 Å². The smallest absolute Gasteiger partial charge is 0.310 e. The molecule has 22 heavy (non-hydrogen) atoms. The van der Waals surface area contributed by atoms with Gasteiger partial charge in [-0.05, 0) is 50.9 Å². The van der Waals surface area contributed by atoms with Crippen molar-refractivity contribution in [1.82, 2.24) is 0 Å². The lowest BCUT2D eigenvalue weighted by molar-refractivity contribution is -0.176. The third-order valence-corrected chi connectivity index (χ3v) is 6.86. The Kier molecular flexibility index (Phi) is 3.28. The summed E-state index contributed by atoms with van der Waals surface area (Å²) in [4.78, 5) is 24.8. The molecule has 0 N–H and O–H groups in total. The molecular weight excluding hydrogens is 280 g/mol. The lowest BCUT2D eigenvalue weighted by Gasteiger charge is -2.41. The summed E-state index contributed by atoms with van der Waals surface area (Å²) in [5, 5.41) is 0. The van der Waals surface area contributed by atoms with Gasteiger partial charge >= 0.3 is 11.9 Å². The van der Waals surface area contributed by atoms with E-state index in [2.05, 4.69) is 0 Å². The van der Waals surface area contributed by atoms with Crippen LogP contribution in [-0.4, -0.2) is 23.6 Å². The Morgan fingerprint density at radius 1 is 1.36 bits per heavy atom. The lowest BCUT2D eigenvalue weighted by atomic mass is 9.69. The minimum absolute atomic E-state index is 0.00779. The molecule has 4 aliphatic rings. The predicted molar refractivity (Wildman–Crippen MR) is 79.8 cm³/mol. The predicted octanol–water partition coefficient (Wildman–Crippen LogP) is 3.09. The molecule has 1 heterocycles. The molecule has 6 atom stereocenters. The van der Waals surface area contributed by atoms with Crippen LogP contribution >= 0.6 is 0 Å². The van der Waals surface area contributed by atoms with Gasteiger partial charge in [-0.2, -0.15) is 0 Å². The second-order valence-corrected chi connectivity index (χ2v) is 7.92. The molecule has 4 fully saturated rings. The highest BCUT2D eigenvalue weighted by Gasteiger charge is 2.68. The van der Waals surface area contributed by atoms with Gasteiger partial charge in [0.1, 0.15) is 11.7 Å². The maximum Gasteiger partial charge on any atom is 0.310 e. The molecule has 0 radical (unpaired) electrons. The minimum atomic E-state index is -0.390. The molecule has 4 heteroatoms. The van der Waals surface area contributed by atoms with E-state index in [9.17, 15) is 9.59 Å². The largest absolute Gasteiger partial charge is 0.462 e. The van der Waals surface area contributed by atoms with Crippen LogP contribution in [0.5, 0.6) is 0 Å². The molecule has 4 nitrogen and oxygen atoms in total. The first kappa shape index (κ1) is 14.5. The van der Waals surface area contributed by atoms with Crippen LogP contribution in [0.3, 0.4) is 0 Å². The van der Waals surface area contributed by atoms with E-state index in [1.165, 1.54) is 0 Å². The van der Waals surface area contributed by atoms with E-state index in [0.29, 0.717) is 11.8 Å². The Balaban J connectivity index is 1.62. The molecule has 3 saturated carbocycles. The fourth-order valence-corrected chi connectivity index (χ4v) is 5.69. The topological polar surface area (TPSA) is 52.6 Å². The van der Waals surface area contributed by atoms with Crippen LogP contribution in [0.4, 0.5) is 0 Å². The third kappa shape index (κ3) is 1.88. The van der Waals surface area contributed by atoms with E-state index >= 15 is 0 Å². The van der Waals surface area contributed by atoms with Crippen molar-refractivity contribution < 1.29 is 19.1 Å². The number of ether oxygens (including phenoxy) is 2. The number of hydrogen-bond acceptors (Lipinski definition) is 4. The first-order valence-corrected chi connectivity index (χ1v) is 8.99. The monoisotopic (exact) mass is 306 g/mol. The summed E-state index contributed by atoms with van der Waals surface area (Å²) in [6.07, 6.45) is 7.10. The molecule has 0 amide bonds. The van der Waals surface area contributed by atoms with Crippen molar-refractivity contribution in [3.05, 3.63) is 0 Å². The zero-order valence-electron chi connectivity index (χ0n) is 13.5. The summed E-state index contributed by atoms with van der Waals surface area (Å²) >= 11 is 0. The molecular formula is C18H26O4. The Labute approximate surface area is 131 Å². The van der Waals surface area contributed by atoms with Crippen molar-refractivity contribution >= 4 is 11.9 Å². The zero-order chi connectivity index (χ0) is 15.5. The second kappa shape index (κ2) is 4.97. The molecule has 1 aliphatic heterocycles. The van der Waals surface area contributed by atoms with Crippen molar-refractivity contribution in [3.63, 3.8) is 0 Å². The van der Waals surface area contributed by atoms with Gasteiger partial charge in [-0.1, -0.05) is 13.8 Å². The van der Waals surface area contributed by atoms with Crippen LogP contribution in [0.2, 0.25) is 0 Å². The van der Waals surface area contributed by atoms with Gasteiger partial charge in [-0.3, -0.25) is 9.59 Å². The Morgan fingerprint density at radius 3 is 2.77 bits per heavy atom. The molecule has 0 aromatic heterocycles. The highest BCUT2D eigenvalue weighted by atomic mass is 16.6. The quantitative estimate of drug-likeness (QED) is 0.749. The molecule has 1 saturated heterocycles. The molecule has 6 unspecified atom stereocenters. The highest BCUT2D eigenvalue weighted by molar-refractivity contribution is 5.78. The van der Waals surface area contributed by atoms with Crippen LogP contribution < -0.4 is 0 Å². The van der Waals surface area contributed by atoms with E-state index in [1.54, 1.807) is 0 Å². The molecule has 4 rings (SSSR count). The van der Waals surface area contributed by atoms with Gasteiger partial charge in [0, 0.05) is 11.8 Å². The van der Waals surface area contributed by atoms with E-state index in [4.69, 9.17) is 9.47 Å². The summed E-state index contributed by atoms with van der Waals surface area (Å²) < 4.78 is 11.7. The lowest BCUT2D eigenvalue weighted by Crippen LogP contribution is -2.48. The molecule has 3 aliphatic carbocycles. The summed E-state index contributed by atoms with van der Waals surface area (Å²) in [7, 11) is 0. The van der Waals surface area contributed by atoms with E-state index < -0.39 is 0 Å². The number of carbonyl (C=O) groups excluding carboxylic acids is 2. The van der Waals surface area contributed by atoms with Gasteiger partial charge in [0.15, 0.2) is 0 Å². The maximum atomic E-state index is 12.4. The molecule has 2 bridgehead atoms. The molecule has 0 aromatic rings. The summed E-state index contributed by atoms with van der Waals surface area (Å²) in [5.74, 6) is 0.947. The normalized spacial score (nSPS) is 42.5. The van der Waals surface area contributed by atoms with Gasteiger partial charge in [0.2, 0.25) is 0 Å². The fraction of sp³-hybridized carbons (Fsp3) is 0.889. The number of hydrogen-bond donors (Lipinski definition) is 0. The average Bonchev–Trinajstić information content (AvgIpc) is 3.21. The van der Waals surface area contributed by atoms with Crippen molar-refractivity contribution in [1.29, 1.82) is 0 Å². The van der Waals surface area contributed by atoms with Crippen molar-refractivity contribution in [2.45, 2.75) is 70.5 Å². The van der Waals surface area contributed by atoms with E-state index in [-0.39, 0.29) is 41.4 Å². The van der Waals surface area contributed by atoms with E-state index in [1.807, 2.05) is 13.8 Å². The molecule has 0 aromatic carbocycles. The number of carbonyl (C=O) groups is 2. The minimum Gasteiger partial charge on any atom is -0.462 e. The standard InChI is InChI=1S/C18H26O4/c1-3-10(2)16(19)22-18(6-4-5-7-18)15-11-8-12-13(9-11)21-17(20)14(12)15/h10-15H,3-9H2,1-2H3. The fourth-order valence-electron chi connectivity index (χ4n) is 5.69. The van der Waals surface area contributed by atoms with E-state index in [0.717, 1.165) is 44.9 Å². The Bertz CT molecular complexity index is 491. The first-order valence-electron chi connectivity index (χ1n) is 8.99. The van der Waals surface area contributed by atoms with Crippen LogP contribution in [0.15, 0.2) is 0 Å². The summed E-state index contributed by atoms with van der Waals surface area (Å²) in [5.41, 5.74) is -0.390. The second-order valence-electron chi connectivity index (χ2n) is 7.92. The van der Waals surface area contributed by atoms with Gasteiger partial charge in [-0.15, -0.1) is 0 Å². The van der Waals surface area contributed by atoms with Gasteiger partial charge in [-0.25, -0.2) is 0 Å². The van der Waals surface area contributed by atoms with Crippen molar-refractivity contribution in [2.75, 3.05) is 0 Å². The average molecular weight is 306 g/mol. The van der Waals surface area contributed by atoms with Crippen molar-refractivity contribution in [2.24, 2.45) is 29.6 Å². The molecule has 122 valence electrons. The zero-order valence-corrected chi connectivity index (χ0v) is 13.5. The highest BCUT2D eigenvalue weighted by Crippen LogP contribution is 2.63. The SMILES string of the molecule is CCC(C)C(=O)OC1(C2C3CC4OC(=O)C2C4C3)CCCC1. The van der Waals surface area contributed by atoms with Crippen LogP contribution in [0, 0.1) is 29.6 Å². The third-order valence-electron chi connectivity index (χ3n) is 6.86. The molecule has 0 spiro atoms. The van der Waals surface area contributed by atoms with Crippen LogP contribution in [0.25, 0.3) is 0 Å². The van der Waals surface area contributed by atoms with Crippen molar-refractivity contribution in [3.8, 4) is 0 Å². The maximum absolute atomic E-state index is 12.4. The number of fused-ring (bicyclic) bond motifs is 1. The summed E-state index contributed by atoms with van der Waals surface area (Å²) in [6.45, 7) is 3.95. The Hall–Kier alpha value is -1.06. The summed E-state index contributed by atoms with van der Waals surface area (Å²) in [6, 6.07) is 0. The van der Waals surface area contributed by atoms with Crippen LogP contribution in [0.1, 0.15) is 58.8 Å². The number of rotatable bonds is 4.